The number of Topliss-reactive ketones (excluding diaryl/α,β-unsaturated/α-hetero) is 1. The van der Waals surface area contributed by atoms with Gasteiger partial charge in [-0.25, -0.2) is 8.78 Å². The van der Waals surface area contributed by atoms with Gasteiger partial charge in [-0.3, -0.25) is 4.79 Å². The number of hydrogen-bond donors (Lipinski definition) is 0. The van der Waals surface area contributed by atoms with Crippen LogP contribution in [0.25, 0.3) is 0 Å². The fourth-order valence-electron chi connectivity index (χ4n) is 2.67. The summed E-state index contributed by atoms with van der Waals surface area (Å²) in [5, 5.41) is 0. The van der Waals surface area contributed by atoms with Crippen LogP contribution in [0.1, 0.15) is 62.4 Å². The van der Waals surface area contributed by atoms with Crippen LogP contribution in [0.3, 0.4) is 0 Å². The number of carbonyl (C=O) groups excluding carboxylic acids is 1. The second-order valence-corrected chi connectivity index (χ2v) is 6.82. The maximum atomic E-state index is 13.1. The Bertz CT molecular complexity index is 473. The standard InChI is InChI=1S/C17H22F2O/c1-16(2,3)14-6-4-12(5-7-14)15(20)13-8-10-17(18,19)11-9-13/h4-7,13H,8-11H2,1-3H3. The number of ketones is 1. The summed E-state index contributed by atoms with van der Waals surface area (Å²) in [7, 11) is 0. The first-order chi connectivity index (χ1) is 9.19. The van der Waals surface area contributed by atoms with E-state index in [4.69, 9.17) is 0 Å². The maximum absolute atomic E-state index is 13.1. The second-order valence-electron chi connectivity index (χ2n) is 6.82. The first kappa shape index (κ1) is 15.1. The molecule has 1 saturated carbocycles. The van der Waals surface area contributed by atoms with Crippen molar-refractivity contribution in [3.8, 4) is 0 Å². The zero-order chi connectivity index (χ0) is 15.0. The number of halogens is 2. The molecule has 1 aromatic rings. The number of benzene rings is 1. The highest BCUT2D eigenvalue weighted by molar-refractivity contribution is 5.97. The normalized spacial score (nSPS) is 19.9. The van der Waals surface area contributed by atoms with Crippen LogP contribution in [0.15, 0.2) is 24.3 Å². The Morgan fingerprint density at radius 2 is 1.60 bits per heavy atom. The molecular formula is C17H22F2O. The third kappa shape index (κ3) is 3.44. The Hall–Kier alpha value is -1.25. The highest BCUT2D eigenvalue weighted by Crippen LogP contribution is 2.37. The summed E-state index contributed by atoms with van der Waals surface area (Å²) in [6, 6.07) is 7.58. The summed E-state index contributed by atoms with van der Waals surface area (Å²) in [4.78, 5) is 12.3. The summed E-state index contributed by atoms with van der Waals surface area (Å²) in [6.45, 7) is 6.35. The lowest BCUT2D eigenvalue weighted by atomic mass is 9.81. The van der Waals surface area contributed by atoms with Crippen molar-refractivity contribution >= 4 is 5.78 Å². The van der Waals surface area contributed by atoms with E-state index in [9.17, 15) is 13.6 Å². The van der Waals surface area contributed by atoms with Gasteiger partial charge < -0.3 is 0 Å². The molecule has 1 fully saturated rings. The summed E-state index contributed by atoms with van der Waals surface area (Å²) < 4.78 is 26.2. The Labute approximate surface area is 119 Å². The highest BCUT2D eigenvalue weighted by atomic mass is 19.3. The van der Waals surface area contributed by atoms with E-state index in [1.165, 1.54) is 5.56 Å². The first-order valence-corrected chi connectivity index (χ1v) is 7.22. The Kier molecular flexibility index (Phi) is 3.99. The molecule has 3 heteroatoms. The first-order valence-electron chi connectivity index (χ1n) is 7.22. The molecule has 0 aliphatic heterocycles. The lowest BCUT2D eigenvalue weighted by molar-refractivity contribution is -0.0424. The van der Waals surface area contributed by atoms with Crippen LogP contribution < -0.4 is 0 Å². The topological polar surface area (TPSA) is 17.1 Å². The molecule has 0 amide bonds. The molecule has 0 bridgehead atoms. The van der Waals surface area contributed by atoms with Gasteiger partial charge in [0.1, 0.15) is 0 Å². The average Bonchev–Trinajstić information content (AvgIpc) is 2.37. The molecule has 0 unspecified atom stereocenters. The molecule has 0 spiro atoms. The predicted octanol–water partition coefficient (Wildman–Crippen LogP) is 4.99. The molecule has 20 heavy (non-hydrogen) atoms. The number of hydrogen-bond acceptors (Lipinski definition) is 1. The molecule has 0 atom stereocenters. The van der Waals surface area contributed by atoms with Gasteiger partial charge in [-0.05, 0) is 23.8 Å². The van der Waals surface area contributed by atoms with Gasteiger partial charge in [-0.15, -0.1) is 0 Å². The van der Waals surface area contributed by atoms with Gasteiger partial charge in [0.05, 0.1) is 0 Å². The van der Waals surface area contributed by atoms with E-state index >= 15 is 0 Å². The lowest BCUT2D eigenvalue weighted by Gasteiger charge is -2.27. The third-order valence-electron chi connectivity index (χ3n) is 4.12. The van der Waals surface area contributed by atoms with Crippen molar-refractivity contribution in [2.45, 2.75) is 57.8 Å². The van der Waals surface area contributed by atoms with E-state index in [1.54, 1.807) is 0 Å². The molecule has 1 aromatic carbocycles. The Morgan fingerprint density at radius 3 is 2.05 bits per heavy atom. The van der Waals surface area contributed by atoms with Crippen molar-refractivity contribution in [2.24, 2.45) is 5.92 Å². The molecule has 110 valence electrons. The molecule has 0 radical (unpaired) electrons. The second kappa shape index (κ2) is 5.27. The number of alkyl halides is 2. The Balaban J connectivity index is 2.07. The minimum Gasteiger partial charge on any atom is -0.294 e. The van der Waals surface area contributed by atoms with Crippen molar-refractivity contribution < 1.29 is 13.6 Å². The molecule has 1 nitrogen and oxygen atoms in total. The van der Waals surface area contributed by atoms with Gasteiger partial charge in [0.15, 0.2) is 5.78 Å². The van der Waals surface area contributed by atoms with Gasteiger partial charge in [0, 0.05) is 24.3 Å². The zero-order valence-corrected chi connectivity index (χ0v) is 12.4. The summed E-state index contributed by atoms with van der Waals surface area (Å²) in [6.07, 6.45) is 0.271. The molecule has 1 aliphatic carbocycles. The molecular weight excluding hydrogens is 258 g/mol. The number of carbonyl (C=O) groups is 1. The zero-order valence-electron chi connectivity index (χ0n) is 12.4. The minimum atomic E-state index is -2.58. The third-order valence-corrected chi connectivity index (χ3v) is 4.12. The smallest absolute Gasteiger partial charge is 0.248 e. The van der Waals surface area contributed by atoms with E-state index in [0.29, 0.717) is 18.4 Å². The van der Waals surface area contributed by atoms with Gasteiger partial charge in [-0.1, -0.05) is 45.0 Å². The lowest BCUT2D eigenvalue weighted by Crippen LogP contribution is -2.28. The van der Waals surface area contributed by atoms with Gasteiger partial charge >= 0.3 is 0 Å². The molecule has 0 saturated heterocycles. The van der Waals surface area contributed by atoms with Crippen molar-refractivity contribution in [3.63, 3.8) is 0 Å². The van der Waals surface area contributed by atoms with Crippen molar-refractivity contribution in [2.75, 3.05) is 0 Å². The monoisotopic (exact) mass is 280 g/mol. The molecule has 0 heterocycles. The summed E-state index contributed by atoms with van der Waals surface area (Å²) in [5.74, 6) is -2.80. The molecule has 2 rings (SSSR count). The van der Waals surface area contributed by atoms with Crippen LogP contribution in [0.5, 0.6) is 0 Å². The fourth-order valence-corrected chi connectivity index (χ4v) is 2.67. The van der Waals surface area contributed by atoms with Gasteiger partial charge in [0.25, 0.3) is 0 Å². The fraction of sp³-hybridized carbons (Fsp3) is 0.588. The molecule has 1 aliphatic rings. The predicted molar refractivity (Wildman–Crippen MR) is 76.4 cm³/mol. The van der Waals surface area contributed by atoms with Crippen molar-refractivity contribution in [1.82, 2.24) is 0 Å². The van der Waals surface area contributed by atoms with Crippen LogP contribution in [0.2, 0.25) is 0 Å². The van der Waals surface area contributed by atoms with E-state index in [-0.39, 0.29) is 30.0 Å². The van der Waals surface area contributed by atoms with Crippen LogP contribution in [0.4, 0.5) is 8.78 Å². The van der Waals surface area contributed by atoms with Crippen molar-refractivity contribution in [1.29, 1.82) is 0 Å². The Morgan fingerprint density at radius 1 is 1.10 bits per heavy atom. The largest absolute Gasteiger partial charge is 0.294 e. The SMILES string of the molecule is CC(C)(C)c1ccc(C(=O)C2CCC(F)(F)CC2)cc1. The van der Waals surface area contributed by atoms with Crippen molar-refractivity contribution in [3.05, 3.63) is 35.4 Å². The van der Waals surface area contributed by atoms with Crippen LogP contribution in [0, 0.1) is 5.92 Å². The highest BCUT2D eigenvalue weighted by Gasteiger charge is 2.37. The molecule has 0 N–H and O–H groups in total. The quantitative estimate of drug-likeness (QED) is 0.697. The van der Waals surface area contributed by atoms with E-state index in [1.807, 2.05) is 24.3 Å². The van der Waals surface area contributed by atoms with Crippen LogP contribution >= 0.6 is 0 Å². The maximum Gasteiger partial charge on any atom is 0.248 e. The van der Waals surface area contributed by atoms with E-state index in [2.05, 4.69) is 20.8 Å². The summed E-state index contributed by atoms with van der Waals surface area (Å²) >= 11 is 0. The van der Waals surface area contributed by atoms with Gasteiger partial charge in [0.2, 0.25) is 5.92 Å². The number of rotatable bonds is 2. The van der Waals surface area contributed by atoms with E-state index in [0.717, 1.165) is 0 Å². The summed E-state index contributed by atoms with van der Waals surface area (Å²) in [5.41, 5.74) is 1.87. The van der Waals surface area contributed by atoms with Crippen LogP contribution in [-0.2, 0) is 5.41 Å². The average molecular weight is 280 g/mol. The van der Waals surface area contributed by atoms with Crippen LogP contribution in [-0.4, -0.2) is 11.7 Å². The molecule has 0 aromatic heterocycles. The van der Waals surface area contributed by atoms with Gasteiger partial charge in [-0.2, -0.15) is 0 Å². The van der Waals surface area contributed by atoms with E-state index < -0.39 is 5.92 Å². The minimum absolute atomic E-state index is 0.0148.